The molecule has 1 N–H and O–H groups in total. The smallest absolute Gasteiger partial charge is 0.339 e. The van der Waals surface area contributed by atoms with Crippen LogP contribution in [-0.4, -0.2) is 36.4 Å². The summed E-state index contributed by atoms with van der Waals surface area (Å²) in [5.41, 5.74) is 6.16. The fourth-order valence-electron chi connectivity index (χ4n) is 3.15. The molecule has 0 atom stereocenters. The fourth-order valence-corrected chi connectivity index (χ4v) is 3.34. The van der Waals surface area contributed by atoms with Crippen molar-refractivity contribution in [3.8, 4) is 11.4 Å². The molecule has 0 saturated heterocycles. The van der Waals surface area contributed by atoms with Crippen LogP contribution in [0.4, 0.5) is 0 Å². The Hall–Kier alpha value is -3.58. The van der Waals surface area contributed by atoms with Gasteiger partial charge >= 0.3 is 5.97 Å². The summed E-state index contributed by atoms with van der Waals surface area (Å²) in [7, 11) is 1.35. The number of halogens is 1. The summed E-state index contributed by atoms with van der Waals surface area (Å²) in [5.74, 6) is -0.402. The molecule has 8 heteroatoms. The van der Waals surface area contributed by atoms with E-state index in [1.807, 2.05) is 36.6 Å². The zero-order valence-corrected chi connectivity index (χ0v) is 18.1. The van der Waals surface area contributed by atoms with Gasteiger partial charge in [-0.25, -0.2) is 10.2 Å². The predicted octanol–water partition coefficient (Wildman–Crippen LogP) is 4.06. The molecule has 0 aliphatic rings. The number of aromatic nitrogens is 1. The monoisotopic (exact) mass is 439 g/mol. The average molecular weight is 440 g/mol. The van der Waals surface area contributed by atoms with Gasteiger partial charge in [-0.1, -0.05) is 35.9 Å². The van der Waals surface area contributed by atoms with E-state index in [0.717, 1.165) is 17.0 Å². The first-order valence-electron chi connectivity index (χ1n) is 9.48. The maximum Gasteiger partial charge on any atom is 0.339 e. The zero-order chi connectivity index (χ0) is 22.4. The average Bonchev–Trinajstić information content (AvgIpc) is 3.05. The minimum atomic E-state index is -0.416. The number of hydrogen-bond acceptors (Lipinski definition) is 5. The Balaban J connectivity index is 1.71. The number of aryl methyl sites for hydroxylation is 1. The van der Waals surface area contributed by atoms with Crippen molar-refractivity contribution in [1.29, 1.82) is 0 Å². The number of hydrogen-bond donors (Lipinski definition) is 1. The second-order valence-corrected chi connectivity index (χ2v) is 7.09. The van der Waals surface area contributed by atoms with Crippen LogP contribution in [0.5, 0.6) is 5.75 Å². The van der Waals surface area contributed by atoms with Gasteiger partial charge in [-0.3, -0.25) is 4.79 Å². The highest BCUT2D eigenvalue weighted by Gasteiger charge is 2.17. The Morgan fingerprint density at radius 2 is 1.84 bits per heavy atom. The first-order valence-corrected chi connectivity index (χ1v) is 9.86. The first-order chi connectivity index (χ1) is 14.9. The molecule has 0 fully saturated rings. The fraction of sp³-hybridized carbons (Fsp3) is 0.174. The van der Waals surface area contributed by atoms with Crippen molar-refractivity contribution in [2.24, 2.45) is 5.10 Å². The quantitative estimate of drug-likeness (QED) is 0.342. The molecule has 31 heavy (non-hydrogen) atoms. The number of rotatable bonds is 7. The molecule has 0 saturated carbocycles. The van der Waals surface area contributed by atoms with Crippen LogP contribution in [0, 0.1) is 13.8 Å². The van der Waals surface area contributed by atoms with Crippen LogP contribution < -0.4 is 10.2 Å². The molecule has 2 aromatic carbocycles. The topological polar surface area (TPSA) is 81.9 Å². The molecule has 1 heterocycles. The number of nitrogens with one attached hydrogen (secondary N) is 1. The van der Waals surface area contributed by atoms with Crippen LogP contribution in [0.2, 0.25) is 5.02 Å². The maximum absolute atomic E-state index is 12.1. The van der Waals surface area contributed by atoms with Crippen LogP contribution in [0.25, 0.3) is 5.69 Å². The number of hydrazone groups is 1. The van der Waals surface area contributed by atoms with Gasteiger partial charge in [0, 0.05) is 17.0 Å². The van der Waals surface area contributed by atoms with E-state index in [9.17, 15) is 9.59 Å². The van der Waals surface area contributed by atoms with Gasteiger partial charge in [0.2, 0.25) is 0 Å². The van der Waals surface area contributed by atoms with Gasteiger partial charge in [-0.2, -0.15) is 5.10 Å². The minimum absolute atomic E-state index is 0.216. The second kappa shape index (κ2) is 9.95. The van der Waals surface area contributed by atoms with Crippen molar-refractivity contribution >= 4 is 29.7 Å². The standard InChI is InChI=1S/C23H22ClN3O4/c1-15-12-17(13-25-26-22(28)14-31-21-11-7-5-9-19(21)24)16(2)27(15)20-10-6-4-8-18(20)23(29)30-3/h4-13H,14H2,1-3H3,(H,26,28)/b25-13-. The van der Waals surface area contributed by atoms with Crippen molar-refractivity contribution in [3.05, 3.63) is 82.1 Å². The third-order valence-corrected chi connectivity index (χ3v) is 4.92. The number of methoxy groups -OCH3 is 1. The van der Waals surface area contributed by atoms with Crippen LogP contribution in [0.15, 0.2) is 59.7 Å². The Morgan fingerprint density at radius 1 is 1.13 bits per heavy atom. The molecule has 0 aliphatic heterocycles. The van der Waals surface area contributed by atoms with E-state index in [0.29, 0.717) is 22.0 Å². The maximum atomic E-state index is 12.1. The Bertz CT molecular complexity index is 1140. The summed E-state index contributed by atoms with van der Waals surface area (Å²) in [5, 5.41) is 4.45. The molecular weight excluding hydrogens is 418 g/mol. The highest BCUT2D eigenvalue weighted by Crippen LogP contribution is 2.24. The molecule has 160 valence electrons. The number of amides is 1. The molecular formula is C23H22ClN3O4. The van der Waals surface area contributed by atoms with Gasteiger partial charge in [-0.15, -0.1) is 0 Å². The van der Waals surface area contributed by atoms with Gasteiger partial charge in [0.15, 0.2) is 6.61 Å². The predicted molar refractivity (Wildman–Crippen MR) is 119 cm³/mol. The highest BCUT2D eigenvalue weighted by atomic mass is 35.5. The lowest BCUT2D eigenvalue weighted by atomic mass is 10.1. The Labute approximate surface area is 185 Å². The van der Waals surface area contributed by atoms with E-state index in [1.165, 1.54) is 7.11 Å². The van der Waals surface area contributed by atoms with Gasteiger partial charge in [-0.05, 0) is 44.2 Å². The Morgan fingerprint density at radius 3 is 2.58 bits per heavy atom. The number of benzene rings is 2. The Kier molecular flexibility index (Phi) is 7.10. The normalized spacial score (nSPS) is 10.8. The summed E-state index contributed by atoms with van der Waals surface area (Å²) in [4.78, 5) is 24.1. The van der Waals surface area contributed by atoms with E-state index in [4.69, 9.17) is 21.1 Å². The third-order valence-electron chi connectivity index (χ3n) is 4.61. The van der Waals surface area contributed by atoms with Gasteiger partial charge < -0.3 is 14.0 Å². The number of nitrogens with zero attached hydrogens (tertiary/aromatic N) is 2. The molecule has 0 bridgehead atoms. The summed E-state index contributed by atoms with van der Waals surface area (Å²) in [6.45, 7) is 3.62. The van der Waals surface area contributed by atoms with E-state index in [2.05, 4.69) is 10.5 Å². The number of para-hydroxylation sites is 2. The first kappa shape index (κ1) is 22.1. The number of carbonyl (C=O) groups excluding carboxylic acids is 2. The molecule has 3 aromatic rings. The van der Waals surface area contributed by atoms with E-state index >= 15 is 0 Å². The van der Waals surface area contributed by atoms with Crippen molar-refractivity contribution in [3.63, 3.8) is 0 Å². The molecule has 1 aromatic heterocycles. The highest BCUT2D eigenvalue weighted by molar-refractivity contribution is 6.32. The van der Waals surface area contributed by atoms with Crippen LogP contribution in [0.1, 0.15) is 27.3 Å². The number of esters is 1. The van der Waals surface area contributed by atoms with E-state index in [-0.39, 0.29) is 6.61 Å². The van der Waals surface area contributed by atoms with Crippen molar-refractivity contribution in [1.82, 2.24) is 9.99 Å². The van der Waals surface area contributed by atoms with Crippen LogP contribution in [-0.2, 0) is 9.53 Å². The number of ether oxygens (including phenoxy) is 2. The largest absolute Gasteiger partial charge is 0.482 e. The van der Waals surface area contributed by atoms with Crippen molar-refractivity contribution < 1.29 is 19.1 Å². The van der Waals surface area contributed by atoms with Crippen LogP contribution in [0.3, 0.4) is 0 Å². The second-order valence-electron chi connectivity index (χ2n) is 6.68. The molecule has 0 spiro atoms. The SMILES string of the molecule is COC(=O)c1ccccc1-n1c(C)cc(/C=N\NC(=O)COc2ccccc2Cl)c1C. The van der Waals surface area contributed by atoms with Gasteiger partial charge in [0.05, 0.1) is 29.6 Å². The van der Waals surface area contributed by atoms with Gasteiger partial charge in [0.25, 0.3) is 5.91 Å². The molecule has 0 aliphatic carbocycles. The minimum Gasteiger partial charge on any atom is -0.482 e. The summed E-state index contributed by atoms with van der Waals surface area (Å²) < 4.78 is 12.2. The lowest BCUT2D eigenvalue weighted by Crippen LogP contribution is -2.24. The van der Waals surface area contributed by atoms with Crippen molar-refractivity contribution in [2.45, 2.75) is 13.8 Å². The summed E-state index contributed by atoms with van der Waals surface area (Å²) >= 11 is 6.00. The summed E-state index contributed by atoms with van der Waals surface area (Å²) in [6.07, 6.45) is 1.55. The van der Waals surface area contributed by atoms with Crippen LogP contribution >= 0.6 is 11.6 Å². The third kappa shape index (κ3) is 5.13. The van der Waals surface area contributed by atoms with E-state index in [1.54, 1.807) is 42.6 Å². The molecule has 7 nitrogen and oxygen atoms in total. The molecule has 0 unspecified atom stereocenters. The van der Waals surface area contributed by atoms with Crippen molar-refractivity contribution in [2.75, 3.05) is 13.7 Å². The molecule has 1 amide bonds. The number of carbonyl (C=O) groups is 2. The summed E-state index contributed by atoms with van der Waals surface area (Å²) in [6, 6.07) is 16.0. The van der Waals surface area contributed by atoms with E-state index < -0.39 is 11.9 Å². The molecule has 3 rings (SSSR count). The zero-order valence-electron chi connectivity index (χ0n) is 17.4. The lowest BCUT2D eigenvalue weighted by Gasteiger charge is -2.13. The van der Waals surface area contributed by atoms with Gasteiger partial charge in [0.1, 0.15) is 5.75 Å². The lowest BCUT2D eigenvalue weighted by molar-refractivity contribution is -0.123. The molecule has 0 radical (unpaired) electrons.